The minimum atomic E-state index is -0.667. The minimum absolute atomic E-state index is 0.0114. The largest absolute Gasteiger partial charge is 0.504 e. The topological polar surface area (TPSA) is 104 Å². The molecule has 0 spiro atoms. The first-order chi connectivity index (χ1) is 16.2. The molecule has 3 fully saturated rings. The normalized spacial score (nSPS) is 44.4. The smallest absolute Gasteiger partial charge is 0.309 e. The average molecular weight is 482 g/mol. The van der Waals surface area contributed by atoms with Crippen LogP contribution in [0.15, 0.2) is 17.7 Å². The molecule has 1 aromatic carbocycles. The summed E-state index contributed by atoms with van der Waals surface area (Å²) in [6, 6.07) is 1.79. The van der Waals surface area contributed by atoms with Crippen LogP contribution in [0.1, 0.15) is 102 Å². The fourth-order valence-corrected chi connectivity index (χ4v) is 9.23. The van der Waals surface area contributed by atoms with Crippen LogP contribution in [0.25, 0.3) is 0 Å². The van der Waals surface area contributed by atoms with Crippen LogP contribution >= 0.6 is 0 Å². The number of carbonyl (C=O) groups is 1. The number of benzene rings is 1. The molecule has 0 bridgehead atoms. The van der Waals surface area contributed by atoms with Gasteiger partial charge in [-0.25, -0.2) is 0 Å². The van der Waals surface area contributed by atoms with E-state index in [2.05, 4.69) is 33.8 Å². The lowest BCUT2D eigenvalue weighted by Gasteiger charge is -2.70. The monoisotopic (exact) mass is 481 g/mol. The number of carboxylic acids is 1. The van der Waals surface area contributed by atoms with Gasteiger partial charge in [0.2, 0.25) is 0 Å². The quantitative estimate of drug-likeness (QED) is 0.300. The number of fused-ring (bicyclic) bond motifs is 7. The van der Waals surface area contributed by atoms with Crippen molar-refractivity contribution < 1.29 is 20.1 Å². The first-order valence-electron chi connectivity index (χ1n) is 13.4. The molecule has 5 N–H and O–H groups in total. The number of aromatic hydroxyl groups is 2. The molecule has 0 amide bonds. The van der Waals surface area contributed by atoms with E-state index in [4.69, 9.17) is 5.73 Å². The van der Waals surface area contributed by atoms with Crippen LogP contribution in [0.2, 0.25) is 0 Å². The van der Waals surface area contributed by atoms with Gasteiger partial charge in [-0.15, -0.1) is 0 Å². The Hall–Kier alpha value is -2.01. The molecule has 35 heavy (non-hydrogen) atoms. The molecule has 0 radical (unpaired) electrons. The summed E-state index contributed by atoms with van der Waals surface area (Å²) in [5.41, 5.74) is 9.78. The van der Waals surface area contributed by atoms with Gasteiger partial charge in [-0.2, -0.15) is 0 Å². The Balaban J connectivity index is 1.68. The number of hydrogen-bond acceptors (Lipinski definition) is 4. The zero-order valence-electron chi connectivity index (χ0n) is 22.3. The number of phenolic OH excluding ortho intramolecular Hbond substituents is 2. The highest BCUT2D eigenvalue weighted by Crippen LogP contribution is 2.75. The molecule has 0 heterocycles. The van der Waals surface area contributed by atoms with E-state index in [1.165, 1.54) is 5.57 Å². The number of nitrogens with two attached hydrogens (primary N) is 1. The highest BCUT2D eigenvalue weighted by molar-refractivity contribution is 5.74. The highest BCUT2D eigenvalue weighted by Gasteiger charge is 2.67. The summed E-state index contributed by atoms with van der Waals surface area (Å²) < 4.78 is 0. The van der Waals surface area contributed by atoms with Crippen molar-refractivity contribution in [1.29, 1.82) is 0 Å². The molecule has 0 unspecified atom stereocenters. The molecule has 5 nitrogen and oxygen atoms in total. The number of phenols is 2. The standard InChI is InChI=1S/C30H43NO4/c1-17-23-18(16-31)13-21-28(4,19(23)14-20(32)24(17)33)10-12-30(6)22-15-27(3,25(34)35)8-7-26(22,2)9-11-29(21,30)5/h13-14,18,22,32-33H,7-12,15-16,31H2,1-6H3,(H,34,35)/t18-,22+,26+,27+,28-,29+,30-/m0/s1. The van der Waals surface area contributed by atoms with Crippen molar-refractivity contribution >= 4 is 5.97 Å². The lowest BCUT2D eigenvalue weighted by molar-refractivity contribution is -0.177. The molecule has 4 aliphatic carbocycles. The van der Waals surface area contributed by atoms with Gasteiger partial charge < -0.3 is 21.1 Å². The molecular formula is C30H43NO4. The van der Waals surface area contributed by atoms with Gasteiger partial charge in [0.15, 0.2) is 11.5 Å². The van der Waals surface area contributed by atoms with Crippen LogP contribution in [-0.4, -0.2) is 27.8 Å². The molecule has 0 saturated heterocycles. The van der Waals surface area contributed by atoms with Crippen LogP contribution in [0.4, 0.5) is 0 Å². The van der Waals surface area contributed by atoms with E-state index in [-0.39, 0.29) is 39.1 Å². The van der Waals surface area contributed by atoms with Crippen molar-refractivity contribution in [1.82, 2.24) is 0 Å². The highest BCUT2D eigenvalue weighted by atomic mass is 16.4. The van der Waals surface area contributed by atoms with Crippen LogP contribution in [0, 0.1) is 34.5 Å². The lowest BCUT2D eigenvalue weighted by Crippen LogP contribution is -2.62. The summed E-state index contributed by atoms with van der Waals surface area (Å²) in [5.74, 6) is -0.433. The van der Waals surface area contributed by atoms with Crippen LogP contribution in [0.5, 0.6) is 11.5 Å². The molecule has 5 heteroatoms. The minimum Gasteiger partial charge on any atom is -0.504 e. The van der Waals surface area contributed by atoms with E-state index in [1.807, 2.05) is 13.8 Å². The number of hydrogen-bond donors (Lipinski definition) is 4. The number of carboxylic acid groups (broad SMARTS) is 1. The maximum atomic E-state index is 12.3. The Morgan fingerprint density at radius 3 is 2.31 bits per heavy atom. The summed E-state index contributed by atoms with van der Waals surface area (Å²) >= 11 is 0. The summed E-state index contributed by atoms with van der Waals surface area (Å²) in [7, 11) is 0. The fourth-order valence-electron chi connectivity index (χ4n) is 9.23. The van der Waals surface area contributed by atoms with Gasteiger partial charge >= 0.3 is 5.97 Å². The van der Waals surface area contributed by atoms with Crippen molar-refractivity contribution in [2.24, 2.45) is 33.3 Å². The van der Waals surface area contributed by atoms with E-state index in [0.29, 0.717) is 12.5 Å². The van der Waals surface area contributed by atoms with Crippen molar-refractivity contribution in [2.75, 3.05) is 6.54 Å². The zero-order valence-corrected chi connectivity index (χ0v) is 22.3. The summed E-state index contributed by atoms with van der Waals surface area (Å²) in [6.45, 7) is 13.9. The Morgan fingerprint density at radius 1 is 1.03 bits per heavy atom. The van der Waals surface area contributed by atoms with E-state index in [1.54, 1.807) is 6.07 Å². The number of allylic oxidation sites excluding steroid dienone is 1. The zero-order chi connectivity index (χ0) is 25.8. The van der Waals surface area contributed by atoms with Crippen molar-refractivity contribution in [2.45, 2.75) is 97.8 Å². The molecule has 0 aliphatic heterocycles. The molecule has 3 saturated carbocycles. The first-order valence-corrected chi connectivity index (χ1v) is 13.4. The van der Waals surface area contributed by atoms with Crippen LogP contribution in [0.3, 0.4) is 0 Å². The summed E-state index contributed by atoms with van der Waals surface area (Å²) in [5, 5.41) is 31.3. The molecular weight excluding hydrogens is 438 g/mol. The van der Waals surface area contributed by atoms with E-state index < -0.39 is 11.4 Å². The maximum absolute atomic E-state index is 12.3. The van der Waals surface area contributed by atoms with Gasteiger partial charge in [-0.3, -0.25) is 4.79 Å². The predicted molar refractivity (Wildman–Crippen MR) is 138 cm³/mol. The second kappa shape index (κ2) is 7.27. The van der Waals surface area contributed by atoms with Crippen molar-refractivity contribution in [3.63, 3.8) is 0 Å². The predicted octanol–water partition coefficient (Wildman–Crippen LogP) is 6.14. The molecule has 5 rings (SSSR count). The average Bonchev–Trinajstić information content (AvgIpc) is 2.80. The summed E-state index contributed by atoms with van der Waals surface area (Å²) in [4.78, 5) is 12.3. The van der Waals surface area contributed by atoms with Gasteiger partial charge in [-0.05, 0) is 104 Å². The fraction of sp³-hybridized carbons (Fsp3) is 0.700. The Morgan fingerprint density at radius 2 is 1.69 bits per heavy atom. The molecule has 192 valence electrons. The Bertz CT molecular complexity index is 1140. The first kappa shape index (κ1) is 24.7. The second-order valence-electron chi connectivity index (χ2n) is 13.6. The SMILES string of the molecule is Cc1c(O)c(O)cc2c1[C@H](CN)C=C1[C@@]2(C)CC[C@@]2(C)[C@@H]3C[C@](C)(C(=O)O)CC[C@]3(C)CC[C@]12C. The van der Waals surface area contributed by atoms with Crippen molar-refractivity contribution in [3.8, 4) is 11.5 Å². The molecule has 7 atom stereocenters. The van der Waals surface area contributed by atoms with Gasteiger partial charge in [0, 0.05) is 17.9 Å². The Kier molecular flexibility index (Phi) is 5.13. The third-order valence-electron chi connectivity index (χ3n) is 12.0. The maximum Gasteiger partial charge on any atom is 0.309 e. The van der Waals surface area contributed by atoms with E-state index in [0.717, 1.165) is 61.6 Å². The third-order valence-corrected chi connectivity index (χ3v) is 12.0. The van der Waals surface area contributed by atoms with Crippen LogP contribution in [-0.2, 0) is 10.2 Å². The number of rotatable bonds is 2. The molecule has 0 aromatic heterocycles. The Labute approximate surface area is 209 Å². The van der Waals surface area contributed by atoms with Gasteiger partial charge in [0.05, 0.1) is 5.41 Å². The van der Waals surface area contributed by atoms with Crippen molar-refractivity contribution in [3.05, 3.63) is 34.4 Å². The lowest BCUT2D eigenvalue weighted by atomic mass is 9.34. The molecule has 1 aromatic rings. The van der Waals surface area contributed by atoms with E-state index >= 15 is 0 Å². The molecule has 4 aliphatic rings. The van der Waals surface area contributed by atoms with E-state index in [9.17, 15) is 20.1 Å². The number of aliphatic carboxylic acids is 1. The van der Waals surface area contributed by atoms with Gasteiger partial charge in [0.1, 0.15) is 0 Å². The van der Waals surface area contributed by atoms with Gasteiger partial charge in [-0.1, -0.05) is 39.3 Å². The third kappa shape index (κ3) is 2.94. The van der Waals surface area contributed by atoms with Crippen LogP contribution < -0.4 is 5.73 Å². The van der Waals surface area contributed by atoms with Gasteiger partial charge in [0.25, 0.3) is 0 Å². The summed E-state index contributed by atoms with van der Waals surface area (Å²) in [6.07, 6.45) is 9.00. The second-order valence-corrected chi connectivity index (χ2v) is 13.6.